The molecule has 3 aromatic carbocycles. The lowest BCUT2D eigenvalue weighted by molar-refractivity contribution is -0.132. The predicted octanol–water partition coefficient (Wildman–Crippen LogP) is 5.44. The molecule has 0 spiro atoms. The van der Waals surface area contributed by atoms with Crippen molar-refractivity contribution < 1.29 is 28.9 Å². The lowest BCUT2D eigenvalue weighted by Gasteiger charge is -2.27. The first kappa shape index (κ1) is 24.4. The van der Waals surface area contributed by atoms with Gasteiger partial charge in [-0.2, -0.15) is 0 Å². The van der Waals surface area contributed by atoms with Gasteiger partial charge in [0, 0.05) is 22.9 Å². The molecular formula is C30H29NO6. The van der Waals surface area contributed by atoms with E-state index in [0.717, 1.165) is 30.6 Å². The number of amides is 1. The first-order valence-electron chi connectivity index (χ1n) is 12.5. The number of anilines is 1. The molecule has 0 aromatic heterocycles. The lowest BCUT2D eigenvalue weighted by atomic mass is 9.93. The van der Waals surface area contributed by atoms with Crippen LogP contribution in [0.5, 0.6) is 17.2 Å². The molecule has 7 nitrogen and oxygen atoms in total. The largest absolute Gasteiger partial charge is 0.507 e. The van der Waals surface area contributed by atoms with Gasteiger partial charge in [-0.25, -0.2) is 0 Å². The molecule has 2 heterocycles. The number of methoxy groups -OCH3 is 1. The molecule has 0 bridgehead atoms. The van der Waals surface area contributed by atoms with Crippen LogP contribution in [-0.4, -0.2) is 37.1 Å². The molecule has 7 heteroatoms. The number of ketones is 1. The van der Waals surface area contributed by atoms with Crippen molar-refractivity contribution in [3.05, 3.63) is 89.0 Å². The molecule has 0 saturated carbocycles. The quantitative estimate of drug-likeness (QED) is 0.265. The first-order valence-corrected chi connectivity index (χ1v) is 12.5. The molecule has 2 aliphatic heterocycles. The van der Waals surface area contributed by atoms with Gasteiger partial charge in [-0.15, -0.1) is 0 Å². The number of para-hydroxylation sites is 1. The van der Waals surface area contributed by atoms with E-state index in [4.69, 9.17) is 14.2 Å². The molecule has 5 rings (SSSR count). The molecule has 2 aliphatic rings. The number of fused-ring (bicyclic) bond motifs is 1. The van der Waals surface area contributed by atoms with Gasteiger partial charge in [-0.1, -0.05) is 31.2 Å². The summed E-state index contributed by atoms with van der Waals surface area (Å²) < 4.78 is 17.1. The van der Waals surface area contributed by atoms with E-state index in [1.807, 2.05) is 31.2 Å². The number of aliphatic hydroxyl groups excluding tert-OH is 1. The van der Waals surface area contributed by atoms with Gasteiger partial charge in [0.25, 0.3) is 11.7 Å². The zero-order chi connectivity index (χ0) is 25.9. The van der Waals surface area contributed by atoms with Crippen molar-refractivity contribution >= 4 is 23.1 Å². The highest BCUT2D eigenvalue weighted by molar-refractivity contribution is 6.51. The molecule has 37 heavy (non-hydrogen) atoms. The molecule has 3 aromatic rings. The van der Waals surface area contributed by atoms with E-state index in [0.29, 0.717) is 41.5 Å². The molecule has 0 radical (unpaired) electrons. The van der Waals surface area contributed by atoms with Crippen molar-refractivity contribution in [1.82, 2.24) is 0 Å². The first-order chi connectivity index (χ1) is 18.0. The normalized spacial score (nSPS) is 18.3. The van der Waals surface area contributed by atoms with Crippen LogP contribution in [-0.2, 0) is 16.0 Å². The Balaban J connectivity index is 1.68. The number of aryl methyl sites for hydroxylation is 1. The van der Waals surface area contributed by atoms with Gasteiger partial charge in [0.05, 0.1) is 31.9 Å². The van der Waals surface area contributed by atoms with E-state index >= 15 is 0 Å². The lowest BCUT2D eigenvalue weighted by Crippen LogP contribution is -2.29. The number of rotatable bonds is 7. The summed E-state index contributed by atoms with van der Waals surface area (Å²) in [5.41, 5.74) is 2.50. The number of ether oxygens (including phenoxy) is 3. The topological polar surface area (TPSA) is 85.3 Å². The average Bonchev–Trinajstić information content (AvgIpc) is 3.21. The Labute approximate surface area is 215 Å². The minimum atomic E-state index is -0.898. The van der Waals surface area contributed by atoms with E-state index in [-0.39, 0.29) is 11.3 Å². The van der Waals surface area contributed by atoms with Crippen molar-refractivity contribution in [1.29, 1.82) is 0 Å². The van der Waals surface area contributed by atoms with Gasteiger partial charge in [-0.05, 0) is 61.2 Å². The van der Waals surface area contributed by atoms with Gasteiger partial charge >= 0.3 is 0 Å². The Morgan fingerprint density at radius 2 is 1.92 bits per heavy atom. The highest BCUT2D eigenvalue weighted by atomic mass is 16.5. The molecule has 1 fully saturated rings. The van der Waals surface area contributed by atoms with Gasteiger partial charge in [0.2, 0.25) is 0 Å². The number of nitrogens with zero attached hydrogens (tertiary/aromatic N) is 1. The summed E-state index contributed by atoms with van der Waals surface area (Å²) in [6, 6.07) is 18.7. The maximum Gasteiger partial charge on any atom is 0.300 e. The highest BCUT2D eigenvalue weighted by Crippen LogP contribution is 2.45. The smallest absolute Gasteiger partial charge is 0.300 e. The van der Waals surface area contributed by atoms with Crippen LogP contribution in [0.15, 0.2) is 72.3 Å². The third-order valence-corrected chi connectivity index (χ3v) is 6.63. The summed E-state index contributed by atoms with van der Waals surface area (Å²) in [5.74, 6) is 0.142. The Kier molecular flexibility index (Phi) is 6.86. The summed E-state index contributed by atoms with van der Waals surface area (Å²) in [6.45, 7) is 3.19. The summed E-state index contributed by atoms with van der Waals surface area (Å²) in [5, 5.41) is 11.5. The van der Waals surface area contributed by atoms with Crippen LogP contribution in [0.4, 0.5) is 5.69 Å². The van der Waals surface area contributed by atoms with Gasteiger partial charge in [0.1, 0.15) is 23.0 Å². The van der Waals surface area contributed by atoms with Crippen molar-refractivity contribution in [2.24, 2.45) is 0 Å². The fourth-order valence-electron chi connectivity index (χ4n) is 4.89. The predicted molar refractivity (Wildman–Crippen MR) is 140 cm³/mol. The van der Waals surface area contributed by atoms with Crippen LogP contribution in [0.2, 0.25) is 0 Å². The van der Waals surface area contributed by atoms with Gasteiger partial charge in [-0.3, -0.25) is 14.5 Å². The standard InChI is InChI=1S/C30H29NO6/c1-3-15-36-22-10-6-9-21(18-22)31-27(23-11-4-5-12-25(23)35-2)26(29(33)30(31)34)28(32)20-13-14-24-19(17-20)8-7-16-37-24/h4-6,9-14,17-18,27,32H,3,7-8,15-16H2,1-2H3/b28-26+. The van der Waals surface area contributed by atoms with Gasteiger partial charge < -0.3 is 19.3 Å². The maximum absolute atomic E-state index is 13.5. The molecule has 1 saturated heterocycles. The number of benzene rings is 3. The third-order valence-electron chi connectivity index (χ3n) is 6.63. The number of hydrogen-bond acceptors (Lipinski definition) is 6. The van der Waals surface area contributed by atoms with Crippen LogP contribution in [0, 0.1) is 0 Å². The molecule has 1 N–H and O–H groups in total. The summed E-state index contributed by atoms with van der Waals surface area (Å²) >= 11 is 0. The molecule has 0 aliphatic carbocycles. The Morgan fingerprint density at radius 1 is 1.08 bits per heavy atom. The third kappa shape index (κ3) is 4.53. The zero-order valence-electron chi connectivity index (χ0n) is 20.9. The van der Waals surface area contributed by atoms with Crippen LogP contribution in [0.3, 0.4) is 0 Å². The summed E-state index contributed by atoms with van der Waals surface area (Å²) in [4.78, 5) is 28.5. The molecule has 1 amide bonds. The number of hydrogen-bond donors (Lipinski definition) is 1. The summed E-state index contributed by atoms with van der Waals surface area (Å²) in [7, 11) is 1.54. The zero-order valence-corrected chi connectivity index (χ0v) is 20.9. The van der Waals surface area contributed by atoms with Gasteiger partial charge in [0.15, 0.2) is 0 Å². The highest BCUT2D eigenvalue weighted by Gasteiger charge is 2.48. The number of aliphatic hydroxyl groups is 1. The Morgan fingerprint density at radius 3 is 2.73 bits per heavy atom. The fraction of sp³-hybridized carbons (Fsp3) is 0.267. The second kappa shape index (κ2) is 10.4. The minimum absolute atomic E-state index is 0.00561. The maximum atomic E-state index is 13.5. The van der Waals surface area contributed by atoms with E-state index in [1.54, 1.807) is 42.5 Å². The molecule has 1 unspecified atom stereocenters. The SMILES string of the molecule is CCCOc1cccc(N2C(=O)C(=O)/C(=C(/O)c3ccc4c(c3)CCCO4)C2c2ccccc2OC)c1. The second-order valence-corrected chi connectivity index (χ2v) is 9.03. The van der Waals surface area contributed by atoms with Crippen molar-refractivity contribution in [3.63, 3.8) is 0 Å². The van der Waals surface area contributed by atoms with Crippen LogP contribution >= 0.6 is 0 Å². The number of carbonyl (C=O) groups excluding carboxylic acids is 2. The van der Waals surface area contributed by atoms with Crippen molar-refractivity contribution in [2.45, 2.75) is 32.2 Å². The number of Topliss-reactive ketones (excluding diaryl/α,β-unsaturated/α-hetero) is 1. The molecule has 190 valence electrons. The fourth-order valence-corrected chi connectivity index (χ4v) is 4.89. The Hall–Kier alpha value is -4.26. The van der Waals surface area contributed by atoms with Crippen LogP contribution in [0.1, 0.15) is 42.5 Å². The van der Waals surface area contributed by atoms with Crippen molar-refractivity contribution in [2.75, 3.05) is 25.2 Å². The van der Waals surface area contributed by atoms with Crippen LogP contribution in [0.25, 0.3) is 5.76 Å². The average molecular weight is 500 g/mol. The number of carbonyl (C=O) groups is 2. The van der Waals surface area contributed by atoms with E-state index in [1.165, 1.54) is 12.0 Å². The minimum Gasteiger partial charge on any atom is -0.507 e. The second-order valence-electron chi connectivity index (χ2n) is 9.03. The summed E-state index contributed by atoms with van der Waals surface area (Å²) in [6.07, 6.45) is 2.52. The monoisotopic (exact) mass is 499 g/mol. The van der Waals surface area contributed by atoms with E-state index in [9.17, 15) is 14.7 Å². The molecular weight excluding hydrogens is 470 g/mol. The van der Waals surface area contributed by atoms with Crippen LogP contribution < -0.4 is 19.1 Å². The van der Waals surface area contributed by atoms with Crippen molar-refractivity contribution in [3.8, 4) is 17.2 Å². The molecule has 1 atom stereocenters. The van der Waals surface area contributed by atoms with E-state index < -0.39 is 17.7 Å². The Bertz CT molecular complexity index is 1380. The van der Waals surface area contributed by atoms with E-state index in [2.05, 4.69) is 0 Å².